The van der Waals surface area contributed by atoms with Gasteiger partial charge in [-0.15, -0.1) is 5.06 Å². The largest absolute Gasteiger partial charge is 0.494 e. The van der Waals surface area contributed by atoms with Crippen LogP contribution in [0.4, 0.5) is 0 Å². The molecule has 0 radical (unpaired) electrons. The Morgan fingerprint density at radius 1 is 1.02 bits per heavy atom. The molecule has 4 amide bonds. The van der Waals surface area contributed by atoms with Gasteiger partial charge >= 0.3 is 5.97 Å². The van der Waals surface area contributed by atoms with Crippen molar-refractivity contribution in [1.82, 2.24) is 26.0 Å². The number of hydroxylamine groups is 2. The van der Waals surface area contributed by atoms with Gasteiger partial charge in [-0.3, -0.25) is 28.7 Å². The first-order valence-corrected chi connectivity index (χ1v) is 17.9. The van der Waals surface area contributed by atoms with Crippen LogP contribution in [0.5, 0.6) is 5.75 Å². The lowest BCUT2D eigenvalue weighted by atomic mass is 10.1. The highest BCUT2D eigenvalue weighted by Gasteiger charge is 2.33. The first-order valence-electron chi connectivity index (χ1n) is 14.9. The molecule has 1 aliphatic rings. The number of carbonyl (C=O) groups is 5. The summed E-state index contributed by atoms with van der Waals surface area (Å²) in [6.45, 7) is 2.12. The predicted molar refractivity (Wildman–Crippen MR) is 180 cm³/mol. The monoisotopic (exact) mass is 797 g/mol. The van der Waals surface area contributed by atoms with Gasteiger partial charge < -0.3 is 25.5 Å². The number of hydrogen-bond donors (Lipinski definition) is 4. The number of nitrogens with one attached hydrogen (secondary N) is 3. The smallest absolute Gasteiger partial charge is 0.333 e. The number of hydrogen-bond acceptors (Lipinski definition) is 11. The van der Waals surface area contributed by atoms with Gasteiger partial charge in [-0.25, -0.2) is 4.79 Å². The van der Waals surface area contributed by atoms with E-state index >= 15 is 0 Å². The van der Waals surface area contributed by atoms with Crippen LogP contribution in [0, 0.1) is 18.8 Å². The Morgan fingerprint density at radius 3 is 2.38 bits per heavy atom. The molecular formula is C31H36IN5O10S. The molecule has 2 aromatic rings. The number of pyridine rings is 1. The molecule has 1 atom stereocenters. The van der Waals surface area contributed by atoms with E-state index in [1.807, 2.05) is 31.2 Å². The summed E-state index contributed by atoms with van der Waals surface area (Å²) in [7, 11) is -4.86. The van der Waals surface area contributed by atoms with Crippen LogP contribution in [0.3, 0.4) is 0 Å². The minimum atomic E-state index is -4.86. The van der Waals surface area contributed by atoms with Gasteiger partial charge in [-0.1, -0.05) is 34.4 Å². The highest BCUT2D eigenvalue weighted by molar-refractivity contribution is 14.1. The number of alkyl halides is 1. The Labute approximate surface area is 291 Å². The van der Waals surface area contributed by atoms with Crippen molar-refractivity contribution >= 4 is 62.3 Å². The topological polar surface area (TPSA) is 210 Å². The molecule has 1 aromatic heterocycles. The summed E-state index contributed by atoms with van der Waals surface area (Å²) in [6, 6.07) is 11.0. The van der Waals surface area contributed by atoms with E-state index in [9.17, 15) is 36.9 Å². The average Bonchev–Trinajstić information content (AvgIpc) is 3.34. The number of aryl methyl sites for hydroxylation is 1. The number of ether oxygens (including phenoxy) is 1. The van der Waals surface area contributed by atoms with Crippen molar-refractivity contribution in [3.8, 4) is 17.6 Å². The van der Waals surface area contributed by atoms with E-state index in [2.05, 4.69) is 55.4 Å². The van der Waals surface area contributed by atoms with Crippen molar-refractivity contribution in [2.45, 2.75) is 57.2 Å². The molecule has 0 saturated carbocycles. The lowest BCUT2D eigenvalue weighted by Gasteiger charge is -2.15. The molecular weight excluding hydrogens is 761 g/mol. The summed E-state index contributed by atoms with van der Waals surface area (Å²) in [5.74, 6) is 2.98. The molecule has 48 heavy (non-hydrogen) atoms. The lowest BCUT2D eigenvalue weighted by Crippen LogP contribution is -2.47. The molecule has 3 rings (SSSR count). The van der Waals surface area contributed by atoms with Gasteiger partial charge in [-0.2, -0.15) is 8.42 Å². The van der Waals surface area contributed by atoms with Crippen molar-refractivity contribution in [3.05, 3.63) is 58.9 Å². The van der Waals surface area contributed by atoms with Gasteiger partial charge in [0, 0.05) is 66.7 Å². The van der Waals surface area contributed by atoms with E-state index < -0.39 is 51.5 Å². The van der Waals surface area contributed by atoms with E-state index in [4.69, 9.17) is 9.57 Å². The zero-order valence-electron chi connectivity index (χ0n) is 26.1. The molecule has 17 heteroatoms. The number of amides is 4. The highest BCUT2D eigenvalue weighted by atomic mass is 127. The van der Waals surface area contributed by atoms with Gasteiger partial charge in [0.25, 0.3) is 21.9 Å². The van der Waals surface area contributed by atoms with E-state index in [0.29, 0.717) is 23.8 Å². The van der Waals surface area contributed by atoms with Gasteiger partial charge in [0.05, 0.1) is 12.3 Å². The van der Waals surface area contributed by atoms with Crippen molar-refractivity contribution in [1.29, 1.82) is 0 Å². The molecule has 1 aliphatic heterocycles. The van der Waals surface area contributed by atoms with E-state index in [1.54, 1.807) is 12.1 Å². The molecule has 2 heterocycles. The van der Waals surface area contributed by atoms with Gasteiger partial charge in [-0.05, 0) is 56.2 Å². The minimum Gasteiger partial charge on any atom is -0.494 e. The van der Waals surface area contributed by atoms with E-state index in [-0.39, 0.29) is 45.3 Å². The Balaban J connectivity index is 1.36. The fourth-order valence-corrected chi connectivity index (χ4v) is 5.19. The first kappa shape index (κ1) is 38.3. The summed E-state index contributed by atoms with van der Waals surface area (Å²) in [6.07, 6.45) is -0.367. The van der Waals surface area contributed by atoms with Crippen molar-refractivity contribution in [3.63, 3.8) is 0 Å². The number of halogens is 1. The second-order valence-electron chi connectivity index (χ2n) is 10.5. The summed E-state index contributed by atoms with van der Waals surface area (Å²) in [5.41, 5.74) is 3.45. The second-order valence-corrected chi connectivity index (χ2v) is 12.9. The SMILES string of the molecule is Cc1cc(C#Cc2ccc(OCCCNC(=O)C(CNC(=O)CCCC(=O)ON3C(=O)CCC3=O)S(=O)(=O)O)cc2)cc(CNCI)n1. The third kappa shape index (κ3) is 13.2. The Morgan fingerprint density at radius 2 is 1.71 bits per heavy atom. The maximum absolute atomic E-state index is 12.5. The van der Waals surface area contributed by atoms with Gasteiger partial charge in [0.15, 0.2) is 5.25 Å². The zero-order valence-corrected chi connectivity index (χ0v) is 29.1. The molecule has 1 aromatic carbocycles. The number of benzene rings is 1. The first-order chi connectivity index (χ1) is 22.8. The number of aromatic nitrogens is 1. The Kier molecular flexibility index (Phi) is 15.2. The normalized spacial score (nSPS) is 13.4. The summed E-state index contributed by atoms with van der Waals surface area (Å²) in [5, 5.41) is 6.31. The van der Waals surface area contributed by atoms with Crippen molar-refractivity contribution in [2.75, 3.05) is 24.2 Å². The quantitative estimate of drug-likeness (QED) is 0.0340. The van der Waals surface area contributed by atoms with Crippen molar-refractivity contribution < 1.29 is 46.5 Å². The number of rotatable bonds is 17. The number of carbonyl (C=O) groups excluding carboxylic acids is 5. The highest BCUT2D eigenvalue weighted by Crippen LogP contribution is 2.14. The van der Waals surface area contributed by atoms with Crippen LogP contribution in [0.25, 0.3) is 0 Å². The third-order valence-corrected chi connectivity index (χ3v) is 8.26. The molecule has 15 nitrogen and oxygen atoms in total. The number of nitrogens with zero attached hydrogens (tertiary/aromatic N) is 2. The zero-order chi connectivity index (χ0) is 35.1. The van der Waals surface area contributed by atoms with Crippen LogP contribution < -0.4 is 20.7 Å². The fourth-order valence-electron chi connectivity index (χ4n) is 4.27. The van der Waals surface area contributed by atoms with Crippen LogP contribution in [-0.2, 0) is 45.5 Å². The summed E-state index contributed by atoms with van der Waals surface area (Å²) >= 11 is 2.24. The molecule has 1 unspecified atom stereocenters. The van der Waals surface area contributed by atoms with Crippen LogP contribution in [-0.4, -0.2) is 82.1 Å². The Hall–Kier alpha value is -4.12. The molecule has 1 fully saturated rings. The molecule has 0 spiro atoms. The Bertz CT molecular complexity index is 1640. The molecule has 4 N–H and O–H groups in total. The van der Waals surface area contributed by atoms with E-state index in [1.165, 1.54) is 0 Å². The standard InChI is InChI=1S/C31H36IN5O10S/c1-21-16-23(17-24(36-21)18-33-20-32)7-6-22-8-10-25(11-9-22)46-15-3-14-34-31(42)26(48(43,44)45)19-35-27(38)4-2-5-30(41)47-37-28(39)12-13-29(37)40/h8-11,16-17,26,33H,2-5,12-15,18-20H2,1H3,(H,34,42)(H,35,38)(H,43,44,45). The van der Waals surface area contributed by atoms with Gasteiger partial charge in [0.2, 0.25) is 11.8 Å². The second kappa shape index (κ2) is 19.0. The van der Waals surface area contributed by atoms with E-state index in [0.717, 1.165) is 27.1 Å². The average molecular weight is 798 g/mol. The fraction of sp³-hybridized carbons (Fsp3) is 0.419. The summed E-state index contributed by atoms with van der Waals surface area (Å²) in [4.78, 5) is 68.6. The number of imide groups is 1. The van der Waals surface area contributed by atoms with Crippen LogP contribution >= 0.6 is 22.6 Å². The molecule has 1 saturated heterocycles. The molecule has 0 bridgehead atoms. The van der Waals surface area contributed by atoms with Crippen LogP contribution in [0.1, 0.15) is 61.0 Å². The maximum Gasteiger partial charge on any atom is 0.333 e. The van der Waals surface area contributed by atoms with Crippen molar-refractivity contribution in [2.24, 2.45) is 0 Å². The lowest BCUT2D eigenvalue weighted by molar-refractivity contribution is -0.197. The predicted octanol–water partition coefficient (Wildman–Crippen LogP) is 1.31. The van der Waals surface area contributed by atoms with Crippen LogP contribution in [0.2, 0.25) is 0 Å². The molecule has 258 valence electrons. The van der Waals surface area contributed by atoms with Crippen LogP contribution in [0.15, 0.2) is 36.4 Å². The maximum atomic E-state index is 12.5. The minimum absolute atomic E-state index is 0.0349. The summed E-state index contributed by atoms with van der Waals surface area (Å²) < 4.78 is 39.6. The molecule has 0 aliphatic carbocycles. The van der Waals surface area contributed by atoms with Gasteiger partial charge in [0.1, 0.15) is 5.75 Å². The third-order valence-electron chi connectivity index (χ3n) is 6.62.